The van der Waals surface area contributed by atoms with Crippen LogP contribution < -0.4 is 0 Å². The highest BCUT2D eigenvalue weighted by Crippen LogP contribution is 2.14. The number of aromatic carboxylic acids is 1. The highest BCUT2D eigenvalue weighted by molar-refractivity contribution is 6.21. The zero-order valence-corrected chi connectivity index (χ0v) is 12.3. The van der Waals surface area contributed by atoms with E-state index in [1.54, 1.807) is 20.8 Å². The summed E-state index contributed by atoms with van der Waals surface area (Å²) in [5, 5.41) is 8.83. The molecule has 5 nitrogen and oxygen atoms in total. The normalized spacial score (nSPS) is 11.3. The van der Waals surface area contributed by atoms with Gasteiger partial charge in [0.25, 0.3) is 0 Å². The fourth-order valence-corrected chi connectivity index (χ4v) is 1.64. The zero-order chi connectivity index (χ0) is 16.0. The molecule has 0 bridgehead atoms. The Morgan fingerprint density at radius 3 is 2.19 bits per heavy atom. The maximum atomic E-state index is 12.1. The van der Waals surface area contributed by atoms with Crippen LogP contribution in [0.2, 0.25) is 0 Å². The van der Waals surface area contributed by atoms with E-state index in [9.17, 15) is 14.4 Å². The summed E-state index contributed by atoms with van der Waals surface area (Å²) in [7, 11) is 0. The van der Waals surface area contributed by atoms with Crippen molar-refractivity contribution in [3.05, 3.63) is 41.0 Å². The van der Waals surface area contributed by atoms with Gasteiger partial charge >= 0.3 is 11.9 Å². The van der Waals surface area contributed by atoms with Crippen molar-refractivity contribution < 1.29 is 24.2 Å². The van der Waals surface area contributed by atoms with E-state index >= 15 is 0 Å². The van der Waals surface area contributed by atoms with Gasteiger partial charge in [0.15, 0.2) is 5.78 Å². The van der Waals surface area contributed by atoms with Crippen molar-refractivity contribution >= 4 is 23.8 Å². The molecule has 5 heteroatoms. The molecule has 0 atom stereocenters. The van der Waals surface area contributed by atoms with E-state index in [4.69, 9.17) is 9.84 Å². The Bertz CT molecular complexity index is 567. The minimum atomic E-state index is -1.03. The lowest BCUT2D eigenvalue weighted by atomic mass is 9.98. The van der Waals surface area contributed by atoms with E-state index in [0.29, 0.717) is 5.56 Å². The Hall–Kier alpha value is -2.43. The molecule has 1 aromatic rings. The summed E-state index contributed by atoms with van der Waals surface area (Å²) in [4.78, 5) is 34.7. The maximum absolute atomic E-state index is 12.1. The van der Waals surface area contributed by atoms with Crippen LogP contribution in [0.4, 0.5) is 0 Å². The molecule has 0 aliphatic heterocycles. The Kier molecular flexibility index (Phi) is 5.84. The fourth-order valence-electron chi connectivity index (χ4n) is 1.64. The van der Waals surface area contributed by atoms with Crippen LogP contribution in [0.25, 0.3) is 6.08 Å². The second-order valence-corrected chi connectivity index (χ2v) is 4.72. The second kappa shape index (κ2) is 7.38. The highest BCUT2D eigenvalue weighted by atomic mass is 16.5. The van der Waals surface area contributed by atoms with Gasteiger partial charge in [-0.3, -0.25) is 4.79 Å². The van der Waals surface area contributed by atoms with Crippen molar-refractivity contribution in [3.8, 4) is 0 Å². The third-order valence-electron chi connectivity index (χ3n) is 2.75. The van der Waals surface area contributed by atoms with E-state index in [1.165, 1.54) is 30.3 Å². The summed E-state index contributed by atoms with van der Waals surface area (Å²) in [6.45, 7) is 5.24. The molecule has 0 heterocycles. The lowest BCUT2D eigenvalue weighted by molar-refractivity contribution is -0.140. The average molecular weight is 290 g/mol. The summed E-state index contributed by atoms with van der Waals surface area (Å²) < 4.78 is 4.89. The number of carbonyl (C=O) groups excluding carboxylic acids is 2. The lowest BCUT2D eigenvalue weighted by Gasteiger charge is -2.09. The van der Waals surface area contributed by atoms with Crippen molar-refractivity contribution in [2.24, 2.45) is 5.92 Å². The second-order valence-electron chi connectivity index (χ2n) is 4.72. The van der Waals surface area contributed by atoms with E-state index in [1.807, 2.05) is 0 Å². The number of carboxylic acid groups (broad SMARTS) is 1. The first-order valence-corrected chi connectivity index (χ1v) is 6.63. The van der Waals surface area contributed by atoms with Crippen LogP contribution in [0.15, 0.2) is 29.8 Å². The number of hydrogen-bond donors (Lipinski definition) is 1. The van der Waals surface area contributed by atoms with Gasteiger partial charge in [0.2, 0.25) is 0 Å². The van der Waals surface area contributed by atoms with Crippen LogP contribution in [-0.4, -0.2) is 29.4 Å². The Morgan fingerprint density at radius 2 is 1.76 bits per heavy atom. The van der Waals surface area contributed by atoms with E-state index in [2.05, 4.69) is 0 Å². The first-order chi connectivity index (χ1) is 9.86. The molecule has 0 spiro atoms. The number of esters is 1. The SMILES string of the molecule is CCOC(=O)/C(=C\c1ccc(C(=O)O)cc1)C(=O)C(C)C. The molecular formula is C16H18O5. The number of benzene rings is 1. The molecular weight excluding hydrogens is 272 g/mol. The van der Waals surface area contributed by atoms with Crippen molar-refractivity contribution in [2.45, 2.75) is 20.8 Å². The lowest BCUT2D eigenvalue weighted by Crippen LogP contribution is -2.19. The maximum Gasteiger partial charge on any atom is 0.341 e. The van der Waals surface area contributed by atoms with E-state index in [0.717, 1.165) is 0 Å². The number of ketones is 1. The molecule has 0 saturated carbocycles. The van der Waals surface area contributed by atoms with Crippen molar-refractivity contribution in [2.75, 3.05) is 6.61 Å². The highest BCUT2D eigenvalue weighted by Gasteiger charge is 2.22. The quantitative estimate of drug-likeness (QED) is 0.377. The number of Topliss-reactive ketones (excluding diaryl/α,β-unsaturated/α-hetero) is 1. The van der Waals surface area contributed by atoms with Crippen molar-refractivity contribution in [3.63, 3.8) is 0 Å². The Labute approximate surface area is 123 Å². The number of carbonyl (C=O) groups is 3. The number of ether oxygens (including phenoxy) is 1. The molecule has 0 aliphatic carbocycles. The Balaban J connectivity index is 3.15. The number of rotatable bonds is 6. The van der Waals surface area contributed by atoms with Crippen LogP contribution in [0.1, 0.15) is 36.7 Å². The average Bonchev–Trinajstić information content (AvgIpc) is 2.44. The van der Waals surface area contributed by atoms with E-state index < -0.39 is 11.9 Å². The molecule has 1 aromatic carbocycles. The van der Waals surface area contributed by atoms with Gasteiger partial charge < -0.3 is 9.84 Å². The topological polar surface area (TPSA) is 80.7 Å². The fraction of sp³-hybridized carbons (Fsp3) is 0.312. The van der Waals surface area contributed by atoms with Crippen LogP contribution in [0.5, 0.6) is 0 Å². The van der Waals surface area contributed by atoms with Gasteiger partial charge in [-0.1, -0.05) is 26.0 Å². The number of carboxylic acids is 1. The zero-order valence-electron chi connectivity index (χ0n) is 12.3. The molecule has 0 amide bonds. The van der Waals surface area contributed by atoms with Gasteiger partial charge in [0.05, 0.1) is 12.2 Å². The van der Waals surface area contributed by atoms with Gasteiger partial charge in [-0.05, 0) is 30.7 Å². The molecule has 1 N–H and O–H groups in total. The van der Waals surface area contributed by atoms with Crippen LogP contribution >= 0.6 is 0 Å². The van der Waals surface area contributed by atoms with Gasteiger partial charge in [-0.2, -0.15) is 0 Å². The molecule has 0 aliphatic rings. The smallest absolute Gasteiger partial charge is 0.341 e. The standard InChI is InChI=1S/C16H18O5/c1-4-21-16(20)13(14(17)10(2)3)9-11-5-7-12(8-6-11)15(18)19/h5-10H,4H2,1-3H3,(H,18,19)/b13-9-. The minimum Gasteiger partial charge on any atom is -0.478 e. The molecule has 0 unspecified atom stereocenters. The Morgan fingerprint density at radius 1 is 1.19 bits per heavy atom. The molecule has 0 aromatic heterocycles. The third-order valence-corrected chi connectivity index (χ3v) is 2.75. The minimum absolute atomic E-state index is 0.0325. The van der Waals surface area contributed by atoms with Gasteiger partial charge in [0, 0.05) is 5.92 Å². The summed E-state index contributed by atoms with van der Waals surface area (Å²) in [5.74, 6) is -2.34. The monoisotopic (exact) mass is 290 g/mol. The van der Waals surface area contributed by atoms with Crippen LogP contribution in [-0.2, 0) is 14.3 Å². The van der Waals surface area contributed by atoms with Gasteiger partial charge in [-0.15, -0.1) is 0 Å². The van der Waals surface area contributed by atoms with Gasteiger partial charge in [0.1, 0.15) is 5.57 Å². The predicted octanol–water partition coefficient (Wildman–Crippen LogP) is 2.56. The van der Waals surface area contributed by atoms with Crippen molar-refractivity contribution in [1.82, 2.24) is 0 Å². The summed E-state index contributed by atoms with van der Waals surface area (Å²) in [6, 6.07) is 5.90. The van der Waals surface area contributed by atoms with Gasteiger partial charge in [-0.25, -0.2) is 9.59 Å². The largest absolute Gasteiger partial charge is 0.478 e. The molecule has 0 fully saturated rings. The molecule has 0 radical (unpaired) electrons. The summed E-state index contributed by atoms with van der Waals surface area (Å²) >= 11 is 0. The van der Waals surface area contributed by atoms with Crippen molar-refractivity contribution in [1.29, 1.82) is 0 Å². The summed E-state index contributed by atoms with van der Waals surface area (Å²) in [5.41, 5.74) is 0.673. The summed E-state index contributed by atoms with van der Waals surface area (Å²) in [6.07, 6.45) is 1.42. The molecule has 112 valence electrons. The predicted molar refractivity (Wildman–Crippen MR) is 77.9 cm³/mol. The van der Waals surface area contributed by atoms with Crippen LogP contribution in [0.3, 0.4) is 0 Å². The first kappa shape index (κ1) is 16.6. The van der Waals surface area contributed by atoms with Crippen LogP contribution in [0, 0.1) is 5.92 Å². The molecule has 21 heavy (non-hydrogen) atoms. The number of hydrogen-bond acceptors (Lipinski definition) is 4. The first-order valence-electron chi connectivity index (χ1n) is 6.63. The molecule has 1 rings (SSSR count). The third kappa shape index (κ3) is 4.56. The molecule has 0 saturated heterocycles. The van der Waals surface area contributed by atoms with E-state index in [-0.39, 0.29) is 29.4 Å².